The number of amides is 1. The van der Waals surface area contributed by atoms with E-state index in [1.807, 2.05) is 31.2 Å². The van der Waals surface area contributed by atoms with Crippen molar-refractivity contribution in [1.29, 1.82) is 0 Å². The van der Waals surface area contributed by atoms with Crippen molar-refractivity contribution in [2.45, 2.75) is 19.8 Å². The van der Waals surface area contributed by atoms with E-state index in [9.17, 15) is 9.90 Å². The summed E-state index contributed by atoms with van der Waals surface area (Å²) >= 11 is 0. The first-order chi connectivity index (χ1) is 10.2. The number of aromatic hydroxyl groups is 1. The van der Waals surface area contributed by atoms with Gasteiger partial charge in [-0.15, -0.1) is 0 Å². The molecule has 0 atom stereocenters. The number of rotatable bonds is 3. The number of anilines is 2. The molecule has 4 heteroatoms. The molecule has 3 rings (SSSR count). The number of phenolic OH excluding ortho intramolecular Hbond substituents is 1. The molecule has 2 aromatic rings. The predicted octanol–water partition coefficient (Wildman–Crippen LogP) is 3.17. The Morgan fingerprint density at radius 3 is 2.95 bits per heavy atom. The van der Waals surface area contributed by atoms with Gasteiger partial charge in [0.05, 0.1) is 5.69 Å². The van der Waals surface area contributed by atoms with Gasteiger partial charge in [-0.05, 0) is 48.2 Å². The minimum atomic E-state index is -0.213. The number of nitrogens with one attached hydrogen (secondary N) is 2. The maximum absolute atomic E-state index is 12.3. The molecule has 0 saturated heterocycles. The van der Waals surface area contributed by atoms with Crippen LogP contribution in [0.1, 0.15) is 28.4 Å². The fraction of sp³-hybridized carbons (Fsp3) is 0.235. The van der Waals surface area contributed by atoms with Gasteiger partial charge in [0.1, 0.15) is 5.75 Å². The van der Waals surface area contributed by atoms with Gasteiger partial charge in [-0.1, -0.05) is 19.1 Å². The lowest BCUT2D eigenvalue weighted by molar-refractivity contribution is 0.102. The van der Waals surface area contributed by atoms with Gasteiger partial charge in [0.25, 0.3) is 5.91 Å². The number of phenols is 1. The Kier molecular flexibility index (Phi) is 3.52. The SMILES string of the molecule is CCc1ccc(O)c(NC(=O)c2ccc3c(c2)NCC3)c1. The molecule has 0 fully saturated rings. The third-order valence-electron chi connectivity index (χ3n) is 3.80. The molecular weight excluding hydrogens is 264 g/mol. The summed E-state index contributed by atoms with van der Waals surface area (Å²) in [5, 5.41) is 15.9. The van der Waals surface area contributed by atoms with Gasteiger partial charge in [-0.3, -0.25) is 4.79 Å². The number of aryl methyl sites for hydroxylation is 1. The molecule has 4 nitrogen and oxygen atoms in total. The second-order valence-electron chi connectivity index (χ2n) is 5.21. The number of carbonyl (C=O) groups is 1. The molecule has 3 N–H and O–H groups in total. The van der Waals surface area contributed by atoms with E-state index in [1.54, 1.807) is 12.1 Å². The lowest BCUT2D eigenvalue weighted by Gasteiger charge is -2.10. The van der Waals surface area contributed by atoms with Crippen LogP contribution < -0.4 is 10.6 Å². The van der Waals surface area contributed by atoms with E-state index in [0.29, 0.717) is 11.3 Å². The summed E-state index contributed by atoms with van der Waals surface area (Å²) in [5.41, 5.74) is 4.37. The molecule has 21 heavy (non-hydrogen) atoms. The molecule has 1 aliphatic heterocycles. The fourth-order valence-electron chi connectivity index (χ4n) is 2.53. The van der Waals surface area contributed by atoms with E-state index in [0.717, 1.165) is 30.6 Å². The predicted molar refractivity (Wildman–Crippen MR) is 84.1 cm³/mol. The Labute approximate surface area is 123 Å². The Balaban J connectivity index is 1.83. The summed E-state index contributed by atoms with van der Waals surface area (Å²) in [6.45, 7) is 2.95. The summed E-state index contributed by atoms with van der Waals surface area (Å²) in [6.07, 6.45) is 1.85. The average molecular weight is 282 g/mol. The first kappa shape index (κ1) is 13.5. The zero-order chi connectivity index (χ0) is 14.8. The second kappa shape index (κ2) is 5.48. The highest BCUT2D eigenvalue weighted by atomic mass is 16.3. The first-order valence-corrected chi connectivity index (χ1v) is 7.17. The van der Waals surface area contributed by atoms with Crippen molar-refractivity contribution in [3.05, 3.63) is 53.1 Å². The van der Waals surface area contributed by atoms with Crippen LogP contribution in [-0.2, 0) is 12.8 Å². The summed E-state index contributed by atoms with van der Waals surface area (Å²) in [4.78, 5) is 12.3. The van der Waals surface area contributed by atoms with Crippen LogP contribution in [0.5, 0.6) is 5.75 Å². The number of hydrogen-bond acceptors (Lipinski definition) is 3. The van der Waals surface area contributed by atoms with Gasteiger partial charge in [0, 0.05) is 17.8 Å². The smallest absolute Gasteiger partial charge is 0.255 e. The molecule has 1 heterocycles. The van der Waals surface area contributed by atoms with Crippen LogP contribution in [0.3, 0.4) is 0 Å². The molecule has 0 radical (unpaired) electrons. The number of carbonyl (C=O) groups excluding carboxylic acids is 1. The van der Waals surface area contributed by atoms with Gasteiger partial charge in [0.2, 0.25) is 0 Å². The maximum atomic E-state index is 12.3. The quantitative estimate of drug-likeness (QED) is 0.758. The van der Waals surface area contributed by atoms with Crippen molar-refractivity contribution in [2.75, 3.05) is 17.2 Å². The molecule has 0 aromatic heterocycles. The third-order valence-corrected chi connectivity index (χ3v) is 3.80. The zero-order valence-corrected chi connectivity index (χ0v) is 11.9. The second-order valence-corrected chi connectivity index (χ2v) is 5.21. The molecule has 0 bridgehead atoms. The number of hydrogen-bond donors (Lipinski definition) is 3. The Bertz CT molecular complexity index is 695. The molecule has 1 aliphatic rings. The van der Waals surface area contributed by atoms with Crippen molar-refractivity contribution in [2.24, 2.45) is 0 Å². The third kappa shape index (κ3) is 2.70. The summed E-state index contributed by atoms with van der Waals surface area (Å²) in [7, 11) is 0. The van der Waals surface area contributed by atoms with E-state index >= 15 is 0 Å². The molecule has 108 valence electrons. The minimum Gasteiger partial charge on any atom is -0.506 e. The molecule has 1 amide bonds. The normalized spacial score (nSPS) is 12.6. The van der Waals surface area contributed by atoms with Crippen molar-refractivity contribution in [3.63, 3.8) is 0 Å². The largest absolute Gasteiger partial charge is 0.506 e. The number of fused-ring (bicyclic) bond motifs is 1. The van der Waals surface area contributed by atoms with Crippen LogP contribution >= 0.6 is 0 Å². The van der Waals surface area contributed by atoms with Crippen LogP contribution in [0.25, 0.3) is 0 Å². The standard InChI is InChI=1S/C17H18N2O2/c1-2-11-3-6-16(20)15(9-11)19-17(21)13-5-4-12-7-8-18-14(12)10-13/h3-6,9-10,18,20H,2,7-8H2,1H3,(H,19,21). The fourth-order valence-corrected chi connectivity index (χ4v) is 2.53. The molecule has 2 aromatic carbocycles. The Morgan fingerprint density at radius 2 is 2.14 bits per heavy atom. The number of benzene rings is 2. The van der Waals surface area contributed by atoms with Crippen LogP contribution in [0.15, 0.2) is 36.4 Å². The van der Waals surface area contributed by atoms with Gasteiger partial charge < -0.3 is 15.7 Å². The monoisotopic (exact) mass is 282 g/mol. The van der Waals surface area contributed by atoms with E-state index in [2.05, 4.69) is 10.6 Å². The Hall–Kier alpha value is -2.49. The molecule has 0 saturated carbocycles. The molecule has 0 spiro atoms. The Morgan fingerprint density at radius 1 is 1.29 bits per heavy atom. The van der Waals surface area contributed by atoms with E-state index in [1.165, 1.54) is 5.56 Å². The van der Waals surface area contributed by atoms with Crippen molar-refractivity contribution < 1.29 is 9.90 Å². The lowest BCUT2D eigenvalue weighted by atomic mass is 10.1. The van der Waals surface area contributed by atoms with Crippen molar-refractivity contribution in [3.8, 4) is 5.75 Å². The van der Waals surface area contributed by atoms with E-state index in [4.69, 9.17) is 0 Å². The lowest BCUT2D eigenvalue weighted by Crippen LogP contribution is -2.12. The van der Waals surface area contributed by atoms with Gasteiger partial charge >= 0.3 is 0 Å². The van der Waals surface area contributed by atoms with Crippen LogP contribution in [0.4, 0.5) is 11.4 Å². The van der Waals surface area contributed by atoms with E-state index in [-0.39, 0.29) is 11.7 Å². The minimum absolute atomic E-state index is 0.0832. The highest BCUT2D eigenvalue weighted by molar-refractivity contribution is 6.05. The average Bonchev–Trinajstić information content (AvgIpc) is 2.96. The molecule has 0 aliphatic carbocycles. The van der Waals surface area contributed by atoms with Crippen molar-refractivity contribution >= 4 is 17.3 Å². The molecular formula is C17H18N2O2. The van der Waals surface area contributed by atoms with Gasteiger partial charge in [-0.2, -0.15) is 0 Å². The summed E-state index contributed by atoms with van der Waals surface area (Å²) < 4.78 is 0. The van der Waals surface area contributed by atoms with Gasteiger partial charge in [-0.25, -0.2) is 0 Å². The molecule has 0 unspecified atom stereocenters. The van der Waals surface area contributed by atoms with E-state index < -0.39 is 0 Å². The van der Waals surface area contributed by atoms with Crippen LogP contribution in [0, 0.1) is 0 Å². The zero-order valence-electron chi connectivity index (χ0n) is 11.9. The summed E-state index contributed by atoms with van der Waals surface area (Å²) in [6, 6.07) is 10.9. The maximum Gasteiger partial charge on any atom is 0.255 e. The first-order valence-electron chi connectivity index (χ1n) is 7.17. The van der Waals surface area contributed by atoms with Crippen LogP contribution in [-0.4, -0.2) is 17.6 Å². The summed E-state index contributed by atoms with van der Waals surface area (Å²) in [5.74, 6) is -0.130. The topological polar surface area (TPSA) is 61.4 Å². The highest BCUT2D eigenvalue weighted by Gasteiger charge is 2.14. The highest BCUT2D eigenvalue weighted by Crippen LogP contribution is 2.27. The van der Waals surface area contributed by atoms with Crippen LogP contribution in [0.2, 0.25) is 0 Å². The van der Waals surface area contributed by atoms with Crippen molar-refractivity contribution in [1.82, 2.24) is 0 Å². The van der Waals surface area contributed by atoms with Gasteiger partial charge in [0.15, 0.2) is 0 Å².